The van der Waals surface area contributed by atoms with Gasteiger partial charge < -0.3 is 14.2 Å². The van der Waals surface area contributed by atoms with Gasteiger partial charge in [0.05, 0.1) is 6.54 Å². The number of nitrogens with zero attached hydrogens (tertiary/aromatic N) is 2. The topological polar surface area (TPSA) is 113 Å². The van der Waals surface area contributed by atoms with Crippen molar-refractivity contribution < 1.29 is 45.3 Å². The Hall–Kier alpha value is -3.32. The number of hydroxylamine groups is 2. The van der Waals surface area contributed by atoms with E-state index in [1.54, 1.807) is 30.3 Å². The van der Waals surface area contributed by atoms with Crippen LogP contribution in [0.25, 0.3) is 0 Å². The molecule has 1 fully saturated rings. The molecule has 0 spiro atoms. The molecular formula is C19H15F3N2O7S. The summed E-state index contributed by atoms with van der Waals surface area (Å²) in [5.41, 5.74) is -4.69. The number of aliphatic carboxylic acids is 1. The summed E-state index contributed by atoms with van der Waals surface area (Å²) in [6.45, 7) is -0.143. The van der Waals surface area contributed by atoms with E-state index in [0.717, 1.165) is 33.7 Å². The van der Waals surface area contributed by atoms with E-state index < -0.39 is 45.5 Å². The molecule has 2 aromatic rings. The van der Waals surface area contributed by atoms with Gasteiger partial charge in [-0.15, -0.1) is 0 Å². The Kier molecular flexibility index (Phi) is 5.25. The van der Waals surface area contributed by atoms with Crippen molar-refractivity contribution in [1.29, 1.82) is 0 Å². The van der Waals surface area contributed by atoms with Gasteiger partial charge in [0.1, 0.15) is 18.4 Å². The van der Waals surface area contributed by atoms with Crippen LogP contribution in [0.2, 0.25) is 0 Å². The van der Waals surface area contributed by atoms with Crippen molar-refractivity contribution in [2.75, 3.05) is 6.54 Å². The second-order valence-electron chi connectivity index (χ2n) is 7.05. The predicted molar refractivity (Wildman–Crippen MR) is 100 cm³/mol. The lowest BCUT2D eigenvalue weighted by Gasteiger charge is -2.30. The van der Waals surface area contributed by atoms with Crippen LogP contribution in [0.3, 0.4) is 0 Å². The summed E-state index contributed by atoms with van der Waals surface area (Å²) in [6.07, 6.45) is 0. The van der Waals surface area contributed by atoms with Crippen LogP contribution in [0.4, 0.5) is 18.0 Å². The fraction of sp³-hybridized carbons (Fsp3) is 0.263. The molecule has 4 rings (SSSR count). The Balaban J connectivity index is 1.69. The fourth-order valence-electron chi connectivity index (χ4n) is 3.65. The van der Waals surface area contributed by atoms with Gasteiger partial charge >= 0.3 is 27.6 Å². The number of amides is 2. The lowest BCUT2D eigenvalue weighted by Crippen LogP contribution is -2.38. The Morgan fingerprint density at radius 2 is 1.81 bits per heavy atom. The molecule has 2 amide bonds. The zero-order valence-electron chi connectivity index (χ0n) is 16.0. The van der Waals surface area contributed by atoms with Crippen LogP contribution in [0, 0.1) is 0 Å². The van der Waals surface area contributed by atoms with E-state index in [-0.39, 0.29) is 24.3 Å². The predicted octanol–water partition coefficient (Wildman–Crippen LogP) is 2.96. The summed E-state index contributed by atoms with van der Waals surface area (Å²) < 4.78 is 64.9. The molecule has 1 unspecified atom stereocenters. The summed E-state index contributed by atoms with van der Waals surface area (Å²) >= 11 is 0. The second kappa shape index (κ2) is 7.67. The number of rotatable bonds is 6. The molecule has 2 aliphatic heterocycles. The minimum absolute atomic E-state index is 0.0252. The molecule has 1 N–H and O–H groups in total. The quantitative estimate of drug-likeness (QED) is 0.508. The third kappa shape index (κ3) is 3.73. The van der Waals surface area contributed by atoms with Crippen molar-refractivity contribution in [3.63, 3.8) is 0 Å². The first-order valence-corrected chi connectivity index (χ1v) is 10.5. The van der Waals surface area contributed by atoms with Crippen molar-refractivity contribution in [1.82, 2.24) is 9.96 Å². The van der Waals surface area contributed by atoms with Gasteiger partial charge in [0.25, 0.3) is 0 Å². The maximum Gasteiger partial charge on any atom is 0.534 e. The van der Waals surface area contributed by atoms with Crippen LogP contribution >= 0.6 is 0 Å². The first-order valence-electron chi connectivity index (χ1n) is 9.13. The van der Waals surface area contributed by atoms with Crippen molar-refractivity contribution in [3.8, 4) is 5.75 Å². The molecule has 0 radical (unpaired) electrons. The van der Waals surface area contributed by atoms with E-state index in [2.05, 4.69) is 4.18 Å². The number of urea groups is 1. The summed E-state index contributed by atoms with van der Waals surface area (Å²) in [5, 5.41) is 10.6. The molecule has 2 atom stereocenters. The van der Waals surface area contributed by atoms with Crippen LogP contribution in [0.5, 0.6) is 5.75 Å². The van der Waals surface area contributed by atoms with E-state index in [0.29, 0.717) is 0 Å². The number of carboxylic acid groups (broad SMARTS) is 1. The Morgan fingerprint density at radius 1 is 1.12 bits per heavy atom. The minimum Gasteiger partial charge on any atom is -0.479 e. The number of fused-ring (bicyclic) bond motifs is 4. The number of carboxylic acids is 1. The average molecular weight is 472 g/mol. The maximum absolute atomic E-state index is 12.8. The Morgan fingerprint density at radius 3 is 2.44 bits per heavy atom. The van der Waals surface area contributed by atoms with E-state index in [1.807, 2.05) is 0 Å². The summed E-state index contributed by atoms with van der Waals surface area (Å²) in [6, 6.07) is 8.76. The summed E-state index contributed by atoms with van der Waals surface area (Å²) in [5.74, 6) is -2.03. The molecule has 2 heterocycles. The Bertz CT molecular complexity index is 1170. The normalized spacial score (nSPS) is 20.3. The molecule has 2 aliphatic rings. The van der Waals surface area contributed by atoms with E-state index in [1.165, 1.54) is 0 Å². The highest BCUT2D eigenvalue weighted by Gasteiger charge is 2.52. The largest absolute Gasteiger partial charge is 0.534 e. The molecule has 0 aliphatic carbocycles. The van der Waals surface area contributed by atoms with Gasteiger partial charge in [-0.1, -0.05) is 36.4 Å². The molecule has 2 bridgehead atoms. The van der Waals surface area contributed by atoms with Crippen LogP contribution in [0.15, 0.2) is 48.5 Å². The zero-order chi connectivity index (χ0) is 23.3. The number of carbonyl (C=O) groups excluding carboxylic acids is 1. The molecule has 1 saturated heterocycles. The fourth-order valence-corrected chi connectivity index (χ4v) is 4.10. The maximum atomic E-state index is 12.8. The van der Waals surface area contributed by atoms with E-state index in [9.17, 15) is 36.3 Å². The SMILES string of the molecule is O=C(O)C1c2ccc(OS(=O)(=O)C(F)(F)F)cc2[C@H]2CN1C(=O)N2OCc1ccccc1. The highest BCUT2D eigenvalue weighted by molar-refractivity contribution is 7.88. The third-order valence-corrected chi connectivity index (χ3v) is 6.03. The Labute approximate surface area is 179 Å². The van der Waals surface area contributed by atoms with Gasteiger partial charge in [-0.2, -0.15) is 26.7 Å². The van der Waals surface area contributed by atoms with Gasteiger partial charge in [0, 0.05) is 0 Å². The average Bonchev–Trinajstić information content (AvgIpc) is 2.99. The van der Waals surface area contributed by atoms with Gasteiger partial charge in [-0.25, -0.2) is 9.59 Å². The van der Waals surface area contributed by atoms with Crippen LogP contribution in [-0.4, -0.2) is 47.5 Å². The third-order valence-electron chi connectivity index (χ3n) is 5.05. The highest BCUT2D eigenvalue weighted by atomic mass is 32.2. The van der Waals surface area contributed by atoms with Gasteiger partial charge in [0.15, 0.2) is 6.04 Å². The van der Waals surface area contributed by atoms with Gasteiger partial charge in [-0.05, 0) is 28.8 Å². The molecule has 32 heavy (non-hydrogen) atoms. The van der Waals surface area contributed by atoms with Crippen molar-refractivity contribution in [2.45, 2.75) is 24.2 Å². The first kappa shape index (κ1) is 21.9. The standard InChI is InChI=1S/C19H15F3N2O7S/c20-19(21,22)32(28,29)31-12-6-7-13-14(8-12)15-9-23(16(13)17(25)26)18(27)24(15)30-10-11-4-2-1-3-5-11/h1-8,15-16H,9-10H2,(H,25,26)/t15-,16?/m1/s1. The molecular weight excluding hydrogens is 457 g/mol. The summed E-state index contributed by atoms with van der Waals surface area (Å²) in [4.78, 5) is 31.3. The summed E-state index contributed by atoms with van der Waals surface area (Å²) in [7, 11) is -5.93. The smallest absolute Gasteiger partial charge is 0.479 e. The van der Waals surface area contributed by atoms with Crippen LogP contribution in [-0.2, 0) is 26.4 Å². The number of benzene rings is 2. The molecule has 0 aromatic heterocycles. The zero-order valence-corrected chi connectivity index (χ0v) is 16.8. The minimum atomic E-state index is -5.93. The monoisotopic (exact) mass is 472 g/mol. The van der Waals surface area contributed by atoms with Crippen LogP contribution < -0.4 is 4.18 Å². The molecule has 170 valence electrons. The van der Waals surface area contributed by atoms with Crippen molar-refractivity contribution >= 4 is 22.1 Å². The lowest BCUT2D eigenvalue weighted by molar-refractivity contribution is -0.143. The molecule has 0 saturated carbocycles. The lowest BCUT2D eigenvalue weighted by atomic mass is 9.91. The van der Waals surface area contributed by atoms with Crippen LogP contribution in [0.1, 0.15) is 28.8 Å². The molecule has 9 nitrogen and oxygen atoms in total. The first-order chi connectivity index (χ1) is 15.0. The second-order valence-corrected chi connectivity index (χ2v) is 8.59. The highest BCUT2D eigenvalue weighted by Crippen LogP contribution is 2.45. The van der Waals surface area contributed by atoms with Gasteiger partial charge in [-0.3, -0.25) is 4.84 Å². The molecule has 13 heteroatoms. The molecule has 2 aromatic carbocycles. The number of alkyl halides is 3. The number of halogens is 3. The van der Waals surface area contributed by atoms with Gasteiger partial charge in [0.2, 0.25) is 0 Å². The number of hydrogen-bond acceptors (Lipinski definition) is 6. The number of carbonyl (C=O) groups is 2. The van der Waals surface area contributed by atoms with E-state index in [4.69, 9.17) is 4.84 Å². The van der Waals surface area contributed by atoms with E-state index >= 15 is 0 Å². The van der Waals surface area contributed by atoms with Crippen molar-refractivity contribution in [2.24, 2.45) is 0 Å². The van der Waals surface area contributed by atoms with Crippen molar-refractivity contribution in [3.05, 3.63) is 65.2 Å². The number of hydrogen-bond donors (Lipinski definition) is 1.